The second-order valence-corrected chi connectivity index (χ2v) is 8.13. The summed E-state index contributed by atoms with van der Waals surface area (Å²) >= 11 is 6.04. The van der Waals surface area contributed by atoms with Gasteiger partial charge in [0.2, 0.25) is 0 Å². The van der Waals surface area contributed by atoms with Gasteiger partial charge in [0.15, 0.2) is 5.82 Å². The fraction of sp³-hybridized carbons (Fsp3) is 0.273. The van der Waals surface area contributed by atoms with E-state index in [0.717, 1.165) is 31.2 Å². The van der Waals surface area contributed by atoms with E-state index in [1.54, 1.807) is 18.5 Å². The molecule has 0 radical (unpaired) electrons. The van der Waals surface area contributed by atoms with Crippen LogP contribution in [0.2, 0.25) is 5.02 Å². The SMILES string of the molecule is O=C(NC1CC1)c1cnccc1Nc1nc(-c2cc(Cl)ccc2F)ncc1C1CC1. The Hall–Kier alpha value is -3.06. The summed E-state index contributed by atoms with van der Waals surface area (Å²) in [5, 5.41) is 6.66. The lowest BCUT2D eigenvalue weighted by Gasteiger charge is -2.15. The van der Waals surface area contributed by atoms with Gasteiger partial charge in [0.05, 0.1) is 16.8 Å². The van der Waals surface area contributed by atoms with Crippen LogP contribution in [0.1, 0.15) is 47.5 Å². The lowest BCUT2D eigenvalue weighted by Crippen LogP contribution is -2.26. The molecule has 1 amide bonds. The summed E-state index contributed by atoms with van der Waals surface area (Å²) in [7, 11) is 0. The van der Waals surface area contributed by atoms with Gasteiger partial charge in [-0.1, -0.05) is 11.6 Å². The van der Waals surface area contributed by atoms with Gasteiger partial charge < -0.3 is 10.6 Å². The van der Waals surface area contributed by atoms with Gasteiger partial charge in [-0.15, -0.1) is 0 Å². The topological polar surface area (TPSA) is 79.8 Å². The minimum Gasteiger partial charge on any atom is -0.349 e. The van der Waals surface area contributed by atoms with Crippen LogP contribution in [0.5, 0.6) is 0 Å². The molecular formula is C22H19ClFN5O. The van der Waals surface area contributed by atoms with Crippen LogP contribution in [0.25, 0.3) is 11.4 Å². The van der Waals surface area contributed by atoms with E-state index < -0.39 is 5.82 Å². The van der Waals surface area contributed by atoms with Gasteiger partial charge in [0.1, 0.15) is 11.6 Å². The molecule has 152 valence electrons. The Morgan fingerprint density at radius 2 is 1.97 bits per heavy atom. The zero-order valence-corrected chi connectivity index (χ0v) is 16.8. The molecule has 0 bridgehead atoms. The minimum absolute atomic E-state index is 0.170. The molecule has 1 aromatic carbocycles. The number of nitrogens with one attached hydrogen (secondary N) is 2. The third kappa shape index (κ3) is 3.98. The molecule has 2 aliphatic carbocycles. The van der Waals surface area contributed by atoms with E-state index in [1.165, 1.54) is 24.4 Å². The smallest absolute Gasteiger partial charge is 0.255 e. The van der Waals surface area contributed by atoms with Gasteiger partial charge in [-0.3, -0.25) is 9.78 Å². The van der Waals surface area contributed by atoms with Crippen molar-refractivity contribution in [2.24, 2.45) is 0 Å². The predicted octanol–water partition coefficient (Wildman–Crippen LogP) is 4.84. The second-order valence-electron chi connectivity index (χ2n) is 7.69. The van der Waals surface area contributed by atoms with Gasteiger partial charge in [0, 0.05) is 35.2 Å². The molecule has 0 spiro atoms. The van der Waals surface area contributed by atoms with Crippen molar-refractivity contribution in [1.82, 2.24) is 20.3 Å². The minimum atomic E-state index is -0.446. The van der Waals surface area contributed by atoms with Crippen molar-refractivity contribution in [2.45, 2.75) is 37.6 Å². The molecule has 5 rings (SSSR count). The number of rotatable bonds is 6. The van der Waals surface area contributed by atoms with Gasteiger partial charge in [-0.25, -0.2) is 14.4 Å². The lowest BCUT2D eigenvalue weighted by atomic mass is 10.1. The Kier molecular flexibility index (Phi) is 4.83. The Morgan fingerprint density at radius 3 is 2.73 bits per heavy atom. The molecule has 2 saturated carbocycles. The number of halogens is 2. The number of benzene rings is 1. The van der Waals surface area contributed by atoms with Crippen LogP contribution in [0, 0.1) is 5.82 Å². The molecule has 0 saturated heterocycles. The zero-order chi connectivity index (χ0) is 20.7. The molecule has 8 heteroatoms. The van der Waals surface area contributed by atoms with Crippen LogP contribution in [0.4, 0.5) is 15.9 Å². The van der Waals surface area contributed by atoms with Gasteiger partial charge in [0.25, 0.3) is 5.91 Å². The molecular weight excluding hydrogens is 405 g/mol. The number of aromatic nitrogens is 3. The van der Waals surface area contributed by atoms with Crippen LogP contribution in [-0.4, -0.2) is 26.9 Å². The van der Waals surface area contributed by atoms with Crippen molar-refractivity contribution in [2.75, 3.05) is 5.32 Å². The van der Waals surface area contributed by atoms with E-state index >= 15 is 0 Å². The largest absolute Gasteiger partial charge is 0.349 e. The summed E-state index contributed by atoms with van der Waals surface area (Å²) in [6, 6.07) is 6.27. The predicted molar refractivity (Wildman–Crippen MR) is 112 cm³/mol. The Morgan fingerprint density at radius 1 is 1.13 bits per heavy atom. The third-order valence-corrected chi connectivity index (χ3v) is 5.47. The Bertz CT molecular complexity index is 1130. The number of amides is 1. The normalized spacial score (nSPS) is 15.7. The van der Waals surface area contributed by atoms with Crippen LogP contribution in [-0.2, 0) is 0 Å². The van der Waals surface area contributed by atoms with Gasteiger partial charge in [-0.05, 0) is 55.9 Å². The van der Waals surface area contributed by atoms with Crippen molar-refractivity contribution in [3.63, 3.8) is 0 Å². The number of nitrogens with zero attached hydrogens (tertiary/aromatic N) is 3. The lowest BCUT2D eigenvalue weighted by molar-refractivity contribution is 0.0951. The number of anilines is 2. The summed E-state index contributed by atoms with van der Waals surface area (Å²) in [6.45, 7) is 0. The third-order valence-electron chi connectivity index (χ3n) is 5.23. The number of hydrogen-bond acceptors (Lipinski definition) is 5. The van der Waals surface area contributed by atoms with Gasteiger partial charge >= 0.3 is 0 Å². The molecule has 2 N–H and O–H groups in total. The van der Waals surface area contributed by atoms with Crippen LogP contribution in [0.15, 0.2) is 42.9 Å². The summed E-state index contributed by atoms with van der Waals surface area (Å²) in [6.07, 6.45) is 8.99. The molecule has 3 aromatic rings. The van der Waals surface area contributed by atoms with E-state index in [-0.39, 0.29) is 23.3 Å². The van der Waals surface area contributed by atoms with E-state index in [0.29, 0.717) is 28.0 Å². The summed E-state index contributed by atoms with van der Waals surface area (Å²) in [4.78, 5) is 25.7. The fourth-order valence-electron chi connectivity index (χ4n) is 3.29. The van der Waals surface area contributed by atoms with Crippen molar-refractivity contribution in [3.05, 3.63) is 64.8 Å². The molecule has 0 unspecified atom stereocenters. The molecule has 2 fully saturated rings. The van der Waals surface area contributed by atoms with Crippen molar-refractivity contribution in [3.8, 4) is 11.4 Å². The van der Waals surface area contributed by atoms with Gasteiger partial charge in [-0.2, -0.15) is 0 Å². The highest BCUT2D eigenvalue weighted by atomic mass is 35.5. The molecule has 6 nitrogen and oxygen atoms in total. The molecule has 2 aliphatic rings. The number of hydrogen-bond donors (Lipinski definition) is 2. The average Bonchev–Trinajstić information content (AvgIpc) is 3.65. The summed E-state index contributed by atoms with van der Waals surface area (Å²) in [5.74, 6) is 0.541. The second kappa shape index (κ2) is 7.65. The number of carbonyl (C=O) groups excluding carboxylic acids is 1. The quantitative estimate of drug-likeness (QED) is 0.592. The Balaban J connectivity index is 1.52. The van der Waals surface area contributed by atoms with Crippen molar-refractivity contribution in [1.29, 1.82) is 0 Å². The van der Waals surface area contributed by atoms with Crippen molar-refractivity contribution >= 4 is 29.0 Å². The Labute approximate surface area is 177 Å². The first-order valence-corrected chi connectivity index (χ1v) is 10.3. The highest BCUT2D eigenvalue weighted by molar-refractivity contribution is 6.30. The summed E-state index contributed by atoms with van der Waals surface area (Å²) < 4.78 is 14.4. The standard InChI is InChI=1S/C22H19ClFN5O/c23-13-3-6-18(24)15(9-13)20-26-11-16(12-1-2-12)21(29-20)28-19-7-8-25-10-17(19)22(30)27-14-4-5-14/h3,6-12,14H,1-2,4-5H2,(H,27,30)(H,25,26,28,29). The van der Waals surface area contributed by atoms with Crippen LogP contribution < -0.4 is 10.6 Å². The maximum absolute atomic E-state index is 14.4. The molecule has 0 aliphatic heterocycles. The zero-order valence-electron chi connectivity index (χ0n) is 16.0. The summed E-state index contributed by atoms with van der Waals surface area (Å²) in [5.41, 5.74) is 2.22. The van der Waals surface area contributed by atoms with E-state index in [9.17, 15) is 9.18 Å². The number of carbonyl (C=O) groups is 1. The highest BCUT2D eigenvalue weighted by Gasteiger charge is 2.29. The maximum Gasteiger partial charge on any atom is 0.255 e. The molecule has 0 atom stereocenters. The fourth-order valence-corrected chi connectivity index (χ4v) is 3.46. The maximum atomic E-state index is 14.4. The first-order valence-electron chi connectivity index (χ1n) is 9.93. The first-order chi connectivity index (χ1) is 14.6. The van der Waals surface area contributed by atoms with E-state index in [4.69, 9.17) is 11.6 Å². The van der Waals surface area contributed by atoms with Crippen LogP contribution >= 0.6 is 11.6 Å². The van der Waals surface area contributed by atoms with Crippen molar-refractivity contribution < 1.29 is 9.18 Å². The number of pyridine rings is 1. The molecule has 30 heavy (non-hydrogen) atoms. The average molecular weight is 424 g/mol. The first kappa shape index (κ1) is 18.9. The van der Waals surface area contributed by atoms with E-state index in [1.807, 2.05) is 0 Å². The molecule has 2 aromatic heterocycles. The van der Waals surface area contributed by atoms with Crippen LogP contribution in [0.3, 0.4) is 0 Å². The molecule has 2 heterocycles. The highest BCUT2D eigenvalue weighted by Crippen LogP contribution is 2.43. The monoisotopic (exact) mass is 423 g/mol. The van der Waals surface area contributed by atoms with E-state index in [2.05, 4.69) is 25.6 Å².